The summed E-state index contributed by atoms with van der Waals surface area (Å²) in [5, 5.41) is 3.47. The number of rotatable bonds is 5. The van der Waals surface area contributed by atoms with E-state index in [-0.39, 0.29) is 17.2 Å². The van der Waals surface area contributed by atoms with E-state index >= 15 is 0 Å². The zero-order valence-corrected chi connectivity index (χ0v) is 18.0. The number of nitrogens with one attached hydrogen (secondary N) is 2. The summed E-state index contributed by atoms with van der Waals surface area (Å²) in [7, 11) is 0. The van der Waals surface area contributed by atoms with Gasteiger partial charge < -0.3 is 10.3 Å². The number of nitrogens with zero attached hydrogens (tertiary/aromatic N) is 2. The highest BCUT2D eigenvalue weighted by Crippen LogP contribution is 2.26. The van der Waals surface area contributed by atoms with Gasteiger partial charge in [-0.15, -0.1) is 0 Å². The number of fused-ring (bicyclic) bond motifs is 2. The van der Waals surface area contributed by atoms with Crippen LogP contribution in [-0.4, -0.2) is 26.2 Å². The van der Waals surface area contributed by atoms with Crippen LogP contribution in [0.5, 0.6) is 0 Å². The van der Waals surface area contributed by atoms with Gasteiger partial charge in [0.25, 0.3) is 5.56 Å². The molecule has 2 heterocycles. The Morgan fingerprint density at radius 3 is 2.77 bits per heavy atom. The quantitative estimate of drug-likeness (QED) is 0.367. The second kappa shape index (κ2) is 8.07. The Hall–Kier alpha value is -3.32. The van der Waals surface area contributed by atoms with Crippen molar-refractivity contribution in [3.05, 3.63) is 81.8 Å². The summed E-state index contributed by atoms with van der Waals surface area (Å²) in [4.78, 5) is 33.6. The minimum atomic E-state index is -0.175. The number of hydrogen-bond acceptors (Lipinski definition) is 4. The highest BCUT2D eigenvalue weighted by Gasteiger charge is 2.17. The Balaban J connectivity index is 1.42. The molecule has 0 radical (unpaired) electrons. The molecule has 2 aromatic heterocycles. The maximum absolute atomic E-state index is 13.2. The SMILES string of the molecule is Cc1cc2nc(SCC(=O)Nc3ccc4c(c3)CCC4)n(-c3ccccc3)c(=O)c2[nH]1. The van der Waals surface area contributed by atoms with Gasteiger partial charge in [-0.1, -0.05) is 36.0 Å². The van der Waals surface area contributed by atoms with Crippen LogP contribution in [0.25, 0.3) is 16.7 Å². The van der Waals surface area contributed by atoms with Crippen LogP contribution in [0.3, 0.4) is 0 Å². The van der Waals surface area contributed by atoms with Crippen molar-refractivity contribution in [2.45, 2.75) is 31.3 Å². The van der Waals surface area contributed by atoms with E-state index in [4.69, 9.17) is 0 Å². The molecule has 0 atom stereocenters. The zero-order valence-electron chi connectivity index (χ0n) is 17.1. The molecule has 1 aliphatic carbocycles. The van der Waals surface area contributed by atoms with Crippen molar-refractivity contribution < 1.29 is 4.79 Å². The molecule has 31 heavy (non-hydrogen) atoms. The van der Waals surface area contributed by atoms with Crippen molar-refractivity contribution in [3.8, 4) is 5.69 Å². The van der Waals surface area contributed by atoms with Gasteiger partial charge in [0.05, 0.1) is 17.0 Å². The standard InChI is InChI=1S/C24H22N4O2S/c1-15-12-20-22(25-15)23(30)28(19-8-3-2-4-9-19)24(27-20)31-14-21(29)26-18-11-10-16-6-5-7-17(16)13-18/h2-4,8-13,25H,5-7,14H2,1H3,(H,26,29). The normalized spacial score (nSPS) is 12.8. The molecule has 4 aromatic rings. The van der Waals surface area contributed by atoms with E-state index in [9.17, 15) is 9.59 Å². The Labute approximate surface area is 183 Å². The highest BCUT2D eigenvalue weighted by molar-refractivity contribution is 7.99. The molecule has 156 valence electrons. The molecule has 7 heteroatoms. The lowest BCUT2D eigenvalue weighted by Crippen LogP contribution is -2.23. The van der Waals surface area contributed by atoms with Gasteiger partial charge in [0.2, 0.25) is 5.91 Å². The van der Waals surface area contributed by atoms with Crippen LogP contribution in [-0.2, 0) is 17.6 Å². The number of aromatic nitrogens is 3. The van der Waals surface area contributed by atoms with Crippen molar-refractivity contribution >= 4 is 34.4 Å². The summed E-state index contributed by atoms with van der Waals surface area (Å²) in [6, 6.07) is 17.3. The molecule has 1 amide bonds. The molecule has 0 bridgehead atoms. The molecule has 2 aromatic carbocycles. The minimum Gasteiger partial charge on any atom is -0.353 e. The first kappa shape index (κ1) is 19.6. The first-order valence-corrected chi connectivity index (χ1v) is 11.3. The fourth-order valence-corrected chi connectivity index (χ4v) is 4.87. The van der Waals surface area contributed by atoms with Gasteiger partial charge >= 0.3 is 0 Å². The number of carbonyl (C=O) groups excluding carboxylic acids is 1. The molecule has 1 aliphatic rings. The molecule has 2 N–H and O–H groups in total. The predicted molar refractivity (Wildman–Crippen MR) is 124 cm³/mol. The Bertz CT molecular complexity index is 1340. The van der Waals surface area contributed by atoms with E-state index < -0.39 is 0 Å². The molecule has 6 nitrogen and oxygen atoms in total. The van der Waals surface area contributed by atoms with Gasteiger partial charge in [-0.05, 0) is 67.6 Å². The molecule has 0 aliphatic heterocycles. The van der Waals surface area contributed by atoms with Gasteiger partial charge in [-0.2, -0.15) is 0 Å². The van der Waals surface area contributed by atoms with E-state index in [0.29, 0.717) is 16.2 Å². The number of benzene rings is 2. The lowest BCUT2D eigenvalue weighted by atomic mass is 10.1. The number of aryl methyl sites for hydroxylation is 3. The van der Waals surface area contributed by atoms with Crippen LogP contribution in [0.1, 0.15) is 23.2 Å². The van der Waals surface area contributed by atoms with Gasteiger partial charge in [-0.3, -0.25) is 14.2 Å². The summed E-state index contributed by atoms with van der Waals surface area (Å²) < 4.78 is 1.56. The third-order valence-corrected chi connectivity index (χ3v) is 6.42. The first-order valence-electron chi connectivity index (χ1n) is 10.3. The molecule has 0 saturated carbocycles. The largest absolute Gasteiger partial charge is 0.353 e. The predicted octanol–water partition coefficient (Wildman–Crippen LogP) is 4.24. The topological polar surface area (TPSA) is 79.8 Å². The lowest BCUT2D eigenvalue weighted by molar-refractivity contribution is -0.113. The second-order valence-electron chi connectivity index (χ2n) is 7.76. The summed E-state index contributed by atoms with van der Waals surface area (Å²) >= 11 is 1.26. The number of para-hydroxylation sites is 1. The van der Waals surface area contributed by atoms with E-state index in [1.54, 1.807) is 4.57 Å². The maximum Gasteiger partial charge on any atom is 0.283 e. The molecule has 0 spiro atoms. The summed E-state index contributed by atoms with van der Waals surface area (Å²) in [6.45, 7) is 1.89. The molecule has 5 rings (SSSR count). The Morgan fingerprint density at radius 2 is 1.94 bits per heavy atom. The number of carbonyl (C=O) groups is 1. The number of H-pyrrole nitrogens is 1. The summed E-state index contributed by atoms with van der Waals surface area (Å²) in [5.41, 5.74) is 6.00. The second-order valence-corrected chi connectivity index (χ2v) is 8.70. The molecular weight excluding hydrogens is 408 g/mol. The van der Waals surface area contributed by atoms with E-state index in [0.717, 1.165) is 29.9 Å². The average Bonchev–Trinajstić information content (AvgIpc) is 3.38. The number of amides is 1. The number of anilines is 1. The zero-order chi connectivity index (χ0) is 21.4. The molecule has 0 saturated heterocycles. The molecule has 0 fully saturated rings. The smallest absolute Gasteiger partial charge is 0.283 e. The fourth-order valence-electron chi connectivity index (χ4n) is 4.06. The van der Waals surface area contributed by atoms with Crippen LogP contribution in [0.15, 0.2) is 64.5 Å². The van der Waals surface area contributed by atoms with E-state index in [1.807, 2.05) is 49.4 Å². The van der Waals surface area contributed by atoms with Gasteiger partial charge in [0.1, 0.15) is 5.52 Å². The van der Waals surface area contributed by atoms with Gasteiger partial charge in [-0.25, -0.2) is 4.98 Å². The first-order chi connectivity index (χ1) is 15.1. The van der Waals surface area contributed by atoms with Gasteiger partial charge in [0, 0.05) is 11.4 Å². The third kappa shape index (κ3) is 3.88. The van der Waals surface area contributed by atoms with Crippen molar-refractivity contribution in [3.63, 3.8) is 0 Å². The summed E-state index contributed by atoms with van der Waals surface area (Å²) in [6.07, 6.45) is 3.35. The Morgan fingerprint density at radius 1 is 1.13 bits per heavy atom. The van der Waals surface area contributed by atoms with Crippen LogP contribution in [0.2, 0.25) is 0 Å². The number of hydrogen-bond donors (Lipinski definition) is 2. The van der Waals surface area contributed by atoms with Crippen LogP contribution in [0, 0.1) is 6.92 Å². The fraction of sp³-hybridized carbons (Fsp3) is 0.208. The maximum atomic E-state index is 13.2. The third-order valence-electron chi connectivity index (χ3n) is 5.48. The van der Waals surface area contributed by atoms with Crippen LogP contribution < -0.4 is 10.9 Å². The number of aromatic amines is 1. The monoisotopic (exact) mass is 430 g/mol. The van der Waals surface area contributed by atoms with Crippen LogP contribution >= 0.6 is 11.8 Å². The van der Waals surface area contributed by atoms with Crippen molar-refractivity contribution in [1.29, 1.82) is 0 Å². The molecular formula is C24H22N4O2S. The average molecular weight is 431 g/mol. The molecule has 0 unspecified atom stereocenters. The lowest BCUT2D eigenvalue weighted by Gasteiger charge is -2.12. The van der Waals surface area contributed by atoms with E-state index in [1.165, 1.54) is 29.3 Å². The van der Waals surface area contributed by atoms with Crippen molar-refractivity contribution in [2.24, 2.45) is 0 Å². The van der Waals surface area contributed by atoms with Crippen LogP contribution in [0.4, 0.5) is 5.69 Å². The Kier molecular flexibility index (Phi) is 5.11. The van der Waals surface area contributed by atoms with Crippen molar-refractivity contribution in [1.82, 2.24) is 14.5 Å². The highest BCUT2D eigenvalue weighted by atomic mass is 32.2. The van der Waals surface area contributed by atoms with Crippen molar-refractivity contribution in [2.75, 3.05) is 11.1 Å². The summed E-state index contributed by atoms with van der Waals surface area (Å²) in [5.74, 6) is 0.0350. The minimum absolute atomic E-state index is 0.123. The number of thioether (sulfide) groups is 1. The van der Waals surface area contributed by atoms with Gasteiger partial charge in [0.15, 0.2) is 5.16 Å². The van der Waals surface area contributed by atoms with E-state index in [2.05, 4.69) is 27.4 Å².